The molecule has 38 heavy (non-hydrogen) atoms. The average molecular weight is 526 g/mol. The number of hydrogen-bond acceptors (Lipinski definition) is 8. The molecule has 1 saturated heterocycles. The number of amides is 1. The van der Waals surface area contributed by atoms with Crippen LogP contribution in [0.15, 0.2) is 41.1 Å². The molecule has 4 aromatic rings. The van der Waals surface area contributed by atoms with Gasteiger partial charge in [-0.1, -0.05) is 0 Å². The first-order valence-corrected chi connectivity index (χ1v) is 11.7. The van der Waals surface area contributed by atoms with E-state index < -0.39 is 29.8 Å². The first-order chi connectivity index (χ1) is 18.3. The summed E-state index contributed by atoms with van der Waals surface area (Å²) in [5.74, 6) is -2.66. The third-order valence-electron chi connectivity index (χ3n) is 6.30. The van der Waals surface area contributed by atoms with Gasteiger partial charge in [-0.25, -0.2) is 28.3 Å². The molecule has 0 saturated carbocycles. The Hall–Kier alpha value is -4.32. The molecular formula is C26H24F2N4O6. The van der Waals surface area contributed by atoms with Crippen LogP contribution in [0.25, 0.3) is 28.4 Å². The molecule has 198 valence electrons. The van der Waals surface area contributed by atoms with E-state index in [0.717, 1.165) is 24.0 Å². The number of ether oxygens (including phenoxy) is 3. The zero-order chi connectivity index (χ0) is 27.0. The Morgan fingerprint density at radius 1 is 1.13 bits per heavy atom. The number of esters is 1. The van der Waals surface area contributed by atoms with Gasteiger partial charge in [0.2, 0.25) is 5.89 Å². The number of carbonyl (C=O) groups excluding carboxylic acids is 2. The molecule has 5 rings (SSSR count). The van der Waals surface area contributed by atoms with E-state index in [0.29, 0.717) is 24.5 Å². The quantitative estimate of drug-likeness (QED) is 0.359. The van der Waals surface area contributed by atoms with Crippen LogP contribution in [-0.2, 0) is 20.6 Å². The minimum absolute atomic E-state index is 0.00407. The van der Waals surface area contributed by atoms with Crippen molar-refractivity contribution in [2.24, 2.45) is 0 Å². The topological polar surface area (TPSA) is 108 Å². The van der Waals surface area contributed by atoms with Gasteiger partial charge in [-0.05, 0) is 36.8 Å². The lowest BCUT2D eigenvalue weighted by Gasteiger charge is -2.32. The lowest BCUT2D eigenvalue weighted by atomic mass is 10.0. The van der Waals surface area contributed by atoms with Gasteiger partial charge in [-0.2, -0.15) is 0 Å². The van der Waals surface area contributed by atoms with Crippen LogP contribution in [-0.4, -0.2) is 71.4 Å². The van der Waals surface area contributed by atoms with Crippen LogP contribution < -0.4 is 0 Å². The van der Waals surface area contributed by atoms with E-state index in [4.69, 9.17) is 13.9 Å². The van der Waals surface area contributed by atoms with Crippen molar-refractivity contribution in [1.29, 1.82) is 0 Å². The smallest absolute Gasteiger partial charge is 0.409 e. The fourth-order valence-electron chi connectivity index (χ4n) is 4.47. The molecular weight excluding hydrogens is 502 g/mol. The molecule has 1 aliphatic rings. The largest absolute Gasteiger partial charge is 0.464 e. The summed E-state index contributed by atoms with van der Waals surface area (Å²) in [6.45, 7) is 2.82. The van der Waals surface area contributed by atoms with E-state index in [1.165, 1.54) is 19.1 Å². The zero-order valence-electron chi connectivity index (χ0n) is 20.9. The van der Waals surface area contributed by atoms with Gasteiger partial charge >= 0.3 is 12.1 Å². The number of imidazole rings is 1. The highest BCUT2D eigenvalue weighted by molar-refractivity contribution is 5.87. The van der Waals surface area contributed by atoms with Gasteiger partial charge < -0.3 is 27.9 Å². The summed E-state index contributed by atoms with van der Waals surface area (Å²) < 4.78 is 53.4. The predicted octanol–water partition coefficient (Wildman–Crippen LogP) is 4.04. The van der Waals surface area contributed by atoms with Crippen LogP contribution in [0.2, 0.25) is 0 Å². The number of rotatable bonds is 5. The molecule has 1 unspecified atom stereocenters. The highest BCUT2D eigenvalue weighted by atomic mass is 19.1. The van der Waals surface area contributed by atoms with Crippen LogP contribution in [0.5, 0.6) is 0 Å². The Morgan fingerprint density at radius 3 is 2.61 bits per heavy atom. The molecule has 0 bridgehead atoms. The number of carbonyl (C=O) groups is 2. The second-order valence-corrected chi connectivity index (χ2v) is 8.80. The average Bonchev–Trinajstić information content (AvgIpc) is 3.53. The number of oxazole rings is 1. The van der Waals surface area contributed by atoms with Crippen LogP contribution in [0.1, 0.15) is 21.7 Å². The van der Waals surface area contributed by atoms with Crippen LogP contribution >= 0.6 is 0 Å². The number of nitrogens with zero attached hydrogens (tertiary/aromatic N) is 4. The molecule has 0 aliphatic carbocycles. The van der Waals surface area contributed by atoms with Crippen molar-refractivity contribution in [1.82, 2.24) is 19.3 Å². The molecule has 0 radical (unpaired) electrons. The number of aromatic nitrogens is 3. The van der Waals surface area contributed by atoms with Crippen molar-refractivity contribution in [2.45, 2.75) is 19.4 Å². The summed E-state index contributed by atoms with van der Waals surface area (Å²) in [6.07, 6.45) is 2.15. The number of hydrogen-bond donors (Lipinski definition) is 0. The molecule has 4 heterocycles. The van der Waals surface area contributed by atoms with E-state index >= 15 is 8.78 Å². The van der Waals surface area contributed by atoms with Crippen molar-refractivity contribution < 1.29 is 37.0 Å². The molecule has 0 spiro atoms. The summed E-state index contributed by atoms with van der Waals surface area (Å²) in [6, 6.07) is 5.81. The number of pyridine rings is 1. The SMILES string of the molecule is COC(=O)c1coc(-c2cc(F)c(-c3nc4cc(C)ccn4c3CC3CN(C(=O)OC)CCO3)c(F)c2)n1. The third-order valence-corrected chi connectivity index (χ3v) is 6.30. The first kappa shape index (κ1) is 25.3. The lowest BCUT2D eigenvalue weighted by Crippen LogP contribution is -2.46. The second-order valence-electron chi connectivity index (χ2n) is 8.80. The molecule has 1 aliphatic heterocycles. The van der Waals surface area contributed by atoms with E-state index in [2.05, 4.69) is 14.7 Å². The highest BCUT2D eigenvalue weighted by Gasteiger charge is 2.29. The Labute approximate surface area is 215 Å². The minimum atomic E-state index is -0.889. The maximum atomic E-state index is 15.5. The molecule has 3 aromatic heterocycles. The van der Waals surface area contributed by atoms with E-state index in [1.54, 1.807) is 16.7 Å². The summed E-state index contributed by atoms with van der Waals surface area (Å²) in [4.78, 5) is 33.8. The first-order valence-electron chi connectivity index (χ1n) is 11.7. The fourth-order valence-corrected chi connectivity index (χ4v) is 4.47. The number of aryl methyl sites for hydroxylation is 1. The van der Waals surface area contributed by atoms with Crippen LogP contribution in [0.4, 0.5) is 13.6 Å². The van der Waals surface area contributed by atoms with Gasteiger partial charge in [0.15, 0.2) is 5.69 Å². The minimum Gasteiger partial charge on any atom is -0.464 e. The molecule has 0 N–H and O–H groups in total. The van der Waals surface area contributed by atoms with Crippen molar-refractivity contribution in [3.05, 3.63) is 65.3 Å². The summed E-state index contributed by atoms with van der Waals surface area (Å²) >= 11 is 0. The van der Waals surface area contributed by atoms with Crippen LogP contribution in [0, 0.1) is 18.6 Å². The van der Waals surface area contributed by atoms with Crippen molar-refractivity contribution in [3.8, 4) is 22.7 Å². The normalized spacial score (nSPS) is 15.6. The molecule has 10 nitrogen and oxygen atoms in total. The monoisotopic (exact) mass is 526 g/mol. The van der Waals surface area contributed by atoms with Gasteiger partial charge in [0, 0.05) is 24.7 Å². The number of fused-ring (bicyclic) bond motifs is 1. The van der Waals surface area contributed by atoms with Gasteiger partial charge in [0.25, 0.3) is 0 Å². The Bertz CT molecular complexity index is 1510. The van der Waals surface area contributed by atoms with Gasteiger partial charge in [-0.3, -0.25) is 0 Å². The molecule has 1 atom stereocenters. The number of morpholine rings is 1. The summed E-state index contributed by atoms with van der Waals surface area (Å²) in [5.41, 5.74) is 1.61. The van der Waals surface area contributed by atoms with Crippen molar-refractivity contribution in [3.63, 3.8) is 0 Å². The van der Waals surface area contributed by atoms with E-state index in [-0.39, 0.29) is 41.4 Å². The fraction of sp³-hybridized carbons (Fsp3) is 0.308. The lowest BCUT2D eigenvalue weighted by molar-refractivity contribution is -0.0241. The molecule has 1 fully saturated rings. The summed E-state index contributed by atoms with van der Waals surface area (Å²) in [7, 11) is 2.49. The Balaban J connectivity index is 1.55. The molecule has 1 aromatic carbocycles. The zero-order valence-corrected chi connectivity index (χ0v) is 20.9. The van der Waals surface area contributed by atoms with Gasteiger partial charge in [0.05, 0.1) is 50.4 Å². The van der Waals surface area contributed by atoms with E-state index in [9.17, 15) is 9.59 Å². The summed E-state index contributed by atoms with van der Waals surface area (Å²) in [5, 5.41) is 0. The molecule has 1 amide bonds. The predicted molar refractivity (Wildman–Crippen MR) is 130 cm³/mol. The maximum absolute atomic E-state index is 15.5. The Morgan fingerprint density at radius 2 is 1.89 bits per heavy atom. The maximum Gasteiger partial charge on any atom is 0.409 e. The van der Waals surface area contributed by atoms with Crippen molar-refractivity contribution in [2.75, 3.05) is 33.9 Å². The van der Waals surface area contributed by atoms with Gasteiger partial charge in [0.1, 0.15) is 23.5 Å². The number of benzene rings is 1. The standard InChI is InChI=1S/C26H24F2N4O6/c1-14-4-5-32-20(11-16-12-31(6-7-37-16)26(34)36-3)23(30-21(32)8-14)22-17(27)9-15(10-18(22)28)24-29-19(13-38-24)25(33)35-2/h4-5,8-10,13,16H,6-7,11-12H2,1-3H3. The molecule has 12 heteroatoms. The van der Waals surface area contributed by atoms with Gasteiger partial charge in [-0.15, -0.1) is 0 Å². The van der Waals surface area contributed by atoms with E-state index in [1.807, 2.05) is 13.0 Å². The number of methoxy groups -OCH3 is 2. The second kappa shape index (κ2) is 10.2. The Kier molecular flexibility index (Phi) is 6.81. The van der Waals surface area contributed by atoms with Crippen LogP contribution in [0.3, 0.4) is 0 Å². The highest BCUT2D eigenvalue weighted by Crippen LogP contribution is 2.34. The number of halogens is 2. The van der Waals surface area contributed by atoms with Crippen molar-refractivity contribution >= 4 is 17.7 Å². The third kappa shape index (κ3) is 4.70.